The van der Waals surface area contributed by atoms with Gasteiger partial charge in [0, 0.05) is 6.54 Å². The van der Waals surface area contributed by atoms with Crippen molar-refractivity contribution >= 4 is 23.6 Å². The van der Waals surface area contributed by atoms with Crippen LogP contribution in [0, 0.1) is 4.77 Å². The van der Waals surface area contributed by atoms with Crippen LogP contribution in [0.15, 0.2) is 41.1 Å². The molecule has 0 unspecified atom stereocenters. The quantitative estimate of drug-likeness (QED) is 0.642. The van der Waals surface area contributed by atoms with E-state index in [1.54, 1.807) is 27.8 Å². The van der Waals surface area contributed by atoms with E-state index in [4.69, 9.17) is 17.0 Å². The van der Waals surface area contributed by atoms with Crippen molar-refractivity contribution in [3.63, 3.8) is 0 Å². The number of tetrazole rings is 1. The monoisotopic (exact) mass is 347 g/mol. The molecule has 0 amide bonds. The van der Waals surface area contributed by atoms with E-state index < -0.39 is 0 Å². The van der Waals surface area contributed by atoms with Crippen LogP contribution in [0.3, 0.4) is 0 Å². The van der Waals surface area contributed by atoms with E-state index in [1.165, 1.54) is 5.56 Å². The molecule has 0 saturated carbocycles. The van der Waals surface area contributed by atoms with Crippen LogP contribution in [0.1, 0.15) is 5.56 Å². The van der Waals surface area contributed by atoms with Crippen molar-refractivity contribution in [1.82, 2.24) is 24.7 Å². The van der Waals surface area contributed by atoms with Gasteiger partial charge in [0.05, 0.1) is 19.5 Å². The molecule has 1 aromatic carbocycles. The van der Waals surface area contributed by atoms with Crippen molar-refractivity contribution in [3.05, 3.63) is 51.4 Å². The Labute approximate surface area is 143 Å². The fourth-order valence-corrected chi connectivity index (χ4v) is 3.12. The summed E-state index contributed by atoms with van der Waals surface area (Å²) in [5.74, 6) is 0.795. The number of ether oxygens (including phenoxy) is 1. The number of hydrogen-bond donors (Lipinski definition) is 0. The minimum absolute atomic E-state index is 0.562. The summed E-state index contributed by atoms with van der Waals surface area (Å²) in [6.45, 7) is 1.44. The molecule has 120 valence electrons. The van der Waals surface area contributed by atoms with Crippen molar-refractivity contribution in [2.75, 3.05) is 14.2 Å². The molecule has 3 aromatic rings. The van der Waals surface area contributed by atoms with E-state index in [9.17, 15) is 0 Å². The fourth-order valence-electron chi connectivity index (χ4n) is 2.22. The molecule has 6 nitrogen and oxygen atoms in total. The highest BCUT2D eigenvalue weighted by atomic mass is 32.1. The molecule has 0 aliphatic carbocycles. The van der Waals surface area contributed by atoms with Gasteiger partial charge in [-0.05, 0) is 76.3 Å². The second kappa shape index (κ2) is 7.03. The van der Waals surface area contributed by atoms with E-state index in [-0.39, 0.29) is 0 Å². The Morgan fingerprint density at radius 3 is 2.65 bits per heavy atom. The molecule has 23 heavy (non-hydrogen) atoms. The molecule has 0 aliphatic rings. The Morgan fingerprint density at radius 1 is 1.22 bits per heavy atom. The van der Waals surface area contributed by atoms with Gasteiger partial charge < -0.3 is 4.74 Å². The number of benzene rings is 1. The van der Waals surface area contributed by atoms with E-state index in [0.29, 0.717) is 11.4 Å². The Morgan fingerprint density at radius 2 is 2.00 bits per heavy atom. The van der Waals surface area contributed by atoms with Gasteiger partial charge in [0.25, 0.3) is 0 Å². The molecule has 2 heterocycles. The maximum atomic E-state index is 5.48. The topological polar surface area (TPSA) is 48.1 Å². The zero-order chi connectivity index (χ0) is 16.2. The normalized spacial score (nSPS) is 11.1. The Kier molecular flexibility index (Phi) is 4.85. The van der Waals surface area contributed by atoms with Crippen molar-refractivity contribution in [1.29, 1.82) is 0 Å². The third-order valence-electron chi connectivity index (χ3n) is 3.36. The SMILES string of the molecule is COc1ccc(-n2nnn(CN(C)Cc3ccsc3)c2=S)cc1. The predicted molar refractivity (Wildman–Crippen MR) is 92.5 cm³/mol. The first-order chi connectivity index (χ1) is 11.2. The zero-order valence-corrected chi connectivity index (χ0v) is 14.5. The summed E-state index contributed by atoms with van der Waals surface area (Å²) in [5, 5.41) is 12.5. The molecule has 0 bridgehead atoms. The van der Waals surface area contributed by atoms with Gasteiger partial charge in [-0.15, -0.1) is 0 Å². The molecule has 8 heteroatoms. The molecule has 0 radical (unpaired) electrons. The molecule has 0 spiro atoms. The molecular weight excluding hydrogens is 330 g/mol. The van der Waals surface area contributed by atoms with E-state index in [1.807, 2.05) is 31.3 Å². The lowest BCUT2D eigenvalue weighted by atomic mass is 10.3. The first-order valence-electron chi connectivity index (χ1n) is 7.04. The largest absolute Gasteiger partial charge is 0.497 e. The van der Waals surface area contributed by atoms with Crippen LogP contribution < -0.4 is 4.74 Å². The van der Waals surface area contributed by atoms with Crippen LogP contribution in [-0.4, -0.2) is 38.8 Å². The number of hydrogen-bond acceptors (Lipinski definition) is 6. The van der Waals surface area contributed by atoms with Crippen LogP contribution in [0.4, 0.5) is 0 Å². The highest BCUT2D eigenvalue weighted by Crippen LogP contribution is 2.14. The first kappa shape index (κ1) is 15.9. The number of nitrogens with zero attached hydrogens (tertiary/aromatic N) is 5. The molecule has 0 fully saturated rings. The number of methoxy groups -OCH3 is 1. The van der Waals surface area contributed by atoms with Crippen molar-refractivity contribution < 1.29 is 4.74 Å². The van der Waals surface area contributed by atoms with E-state index >= 15 is 0 Å². The predicted octanol–water partition coefficient (Wildman–Crippen LogP) is 2.96. The van der Waals surface area contributed by atoms with Gasteiger partial charge in [-0.3, -0.25) is 4.90 Å². The molecule has 0 saturated heterocycles. The zero-order valence-electron chi connectivity index (χ0n) is 12.9. The highest BCUT2D eigenvalue weighted by molar-refractivity contribution is 7.71. The lowest BCUT2D eigenvalue weighted by Crippen LogP contribution is -2.22. The Hall–Kier alpha value is -2.03. The third-order valence-corrected chi connectivity index (χ3v) is 4.48. The average molecular weight is 347 g/mol. The summed E-state index contributed by atoms with van der Waals surface area (Å²) >= 11 is 7.18. The minimum atomic E-state index is 0.562. The molecule has 0 aliphatic heterocycles. The summed E-state index contributed by atoms with van der Waals surface area (Å²) in [7, 11) is 3.67. The summed E-state index contributed by atoms with van der Waals surface area (Å²) in [5.41, 5.74) is 2.15. The van der Waals surface area contributed by atoms with E-state index in [2.05, 4.69) is 32.2 Å². The maximum Gasteiger partial charge on any atom is 0.221 e. The summed E-state index contributed by atoms with van der Waals surface area (Å²) in [6, 6.07) is 9.68. The van der Waals surface area contributed by atoms with Gasteiger partial charge in [-0.1, -0.05) is 0 Å². The fraction of sp³-hybridized carbons (Fsp3) is 0.267. The standard InChI is InChI=1S/C15H17N5OS2/c1-18(9-12-7-8-23-10-12)11-19-15(22)20(17-16-19)13-3-5-14(21-2)6-4-13/h3-8,10H,9,11H2,1-2H3. The van der Waals surface area contributed by atoms with Crippen LogP contribution in [0.25, 0.3) is 5.69 Å². The van der Waals surface area contributed by atoms with Crippen LogP contribution in [-0.2, 0) is 13.2 Å². The second-order valence-corrected chi connectivity index (χ2v) is 6.30. The third kappa shape index (κ3) is 3.66. The summed E-state index contributed by atoms with van der Waals surface area (Å²) in [6.07, 6.45) is 0. The van der Waals surface area contributed by atoms with Gasteiger partial charge in [0.15, 0.2) is 0 Å². The summed E-state index contributed by atoms with van der Waals surface area (Å²) < 4.78 is 9.08. The van der Waals surface area contributed by atoms with Gasteiger partial charge >= 0.3 is 0 Å². The number of thiophene rings is 1. The van der Waals surface area contributed by atoms with Crippen molar-refractivity contribution in [3.8, 4) is 11.4 Å². The van der Waals surface area contributed by atoms with Crippen LogP contribution >= 0.6 is 23.6 Å². The Balaban J connectivity index is 1.74. The maximum absolute atomic E-state index is 5.48. The van der Waals surface area contributed by atoms with Gasteiger partial charge in [0.1, 0.15) is 5.75 Å². The summed E-state index contributed by atoms with van der Waals surface area (Å²) in [4.78, 5) is 2.14. The van der Waals surface area contributed by atoms with Gasteiger partial charge in [-0.25, -0.2) is 4.68 Å². The molecule has 0 N–H and O–H groups in total. The van der Waals surface area contributed by atoms with Crippen molar-refractivity contribution in [2.45, 2.75) is 13.2 Å². The molecular formula is C15H17N5OS2. The lowest BCUT2D eigenvalue weighted by molar-refractivity contribution is 0.242. The van der Waals surface area contributed by atoms with Crippen LogP contribution in [0.2, 0.25) is 0 Å². The highest BCUT2D eigenvalue weighted by Gasteiger charge is 2.08. The molecule has 0 atom stereocenters. The van der Waals surface area contributed by atoms with E-state index in [0.717, 1.165) is 18.0 Å². The molecule has 2 aromatic heterocycles. The number of rotatable bonds is 6. The van der Waals surface area contributed by atoms with Gasteiger partial charge in [0.2, 0.25) is 4.77 Å². The van der Waals surface area contributed by atoms with Gasteiger partial charge in [-0.2, -0.15) is 16.0 Å². The minimum Gasteiger partial charge on any atom is -0.497 e. The number of aromatic nitrogens is 4. The van der Waals surface area contributed by atoms with Crippen molar-refractivity contribution in [2.24, 2.45) is 0 Å². The smallest absolute Gasteiger partial charge is 0.221 e. The second-order valence-electron chi connectivity index (χ2n) is 5.16. The lowest BCUT2D eigenvalue weighted by Gasteiger charge is -2.14. The first-order valence-corrected chi connectivity index (χ1v) is 8.39. The van der Waals surface area contributed by atoms with Crippen LogP contribution in [0.5, 0.6) is 5.75 Å². The Bertz CT molecular complexity index is 807. The molecule has 3 rings (SSSR count). The average Bonchev–Trinajstić information content (AvgIpc) is 3.18.